The van der Waals surface area contributed by atoms with Gasteiger partial charge in [-0.2, -0.15) is 0 Å². The van der Waals surface area contributed by atoms with Crippen LogP contribution in [0.2, 0.25) is 0 Å². The summed E-state index contributed by atoms with van der Waals surface area (Å²) in [4.78, 5) is 11.9. The van der Waals surface area contributed by atoms with Gasteiger partial charge in [-0.3, -0.25) is 4.79 Å². The largest absolute Gasteiger partial charge is 0.393 e. The number of amides is 1. The molecule has 1 aromatic rings. The standard InChI is InChI=1S/C12H15BrINO2/c1-2-9(16)5-6-15-12(17)10-7-8(14)3-4-11(10)13/h3-4,7,9,16H,2,5-6H2,1H3,(H,15,17). The summed E-state index contributed by atoms with van der Waals surface area (Å²) >= 11 is 5.52. The number of benzene rings is 1. The van der Waals surface area contributed by atoms with Crippen molar-refractivity contribution < 1.29 is 9.90 Å². The van der Waals surface area contributed by atoms with Crippen molar-refractivity contribution in [3.63, 3.8) is 0 Å². The molecule has 2 N–H and O–H groups in total. The first-order chi connectivity index (χ1) is 8.04. The number of carbonyl (C=O) groups excluding carboxylic acids is 1. The first kappa shape index (κ1) is 14.9. The Morgan fingerprint density at radius 3 is 2.94 bits per heavy atom. The van der Waals surface area contributed by atoms with Crippen LogP contribution in [0.3, 0.4) is 0 Å². The highest BCUT2D eigenvalue weighted by Gasteiger charge is 2.10. The lowest BCUT2D eigenvalue weighted by molar-refractivity contribution is 0.0941. The Bertz CT molecular complexity index is 398. The van der Waals surface area contributed by atoms with Gasteiger partial charge in [-0.15, -0.1) is 0 Å². The molecule has 0 spiro atoms. The average Bonchev–Trinajstić information content (AvgIpc) is 2.31. The van der Waals surface area contributed by atoms with Crippen LogP contribution in [0, 0.1) is 3.57 Å². The monoisotopic (exact) mass is 411 g/mol. The van der Waals surface area contributed by atoms with E-state index in [1.54, 1.807) is 0 Å². The normalized spacial score (nSPS) is 12.2. The number of rotatable bonds is 5. The maximum Gasteiger partial charge on any atom is 0.252 e. The van der Waals surface area contributed by atoms with E-state index in [4.69, 9.17) is 0 Å². The third-order valence-corrected chi connectivity index (χ3v) is 3.77. The van der Waals surface area contributed by atoms with E-state index in [0.29, 0.717) is 24.9 Å². The molecule has 1 amide bonds. The van der Waals surface area contributed by atoms with Crippen LogP contribution in [-0.4, -0.2) is 23.7 Å². The van der Waals surface area contributed by atoms with E-state index in [1.807, 2.05) is 25.1 Å². The summed E-state index contributed by atoms with van der Waals surface area (Å²) in [6.07, 6.45) is 0.960. The van der Waals surface area contributed by atoms with Gasteiger partial charge < -0.3 is 10.4 Å². The molecule has 0 saturated heterocycles. The molecule has 0 aliphatic heterocycles. The molecule has 0 radical (unpaired) electrons. The van der Waals surface area contributed by atoms with E-state index in [0.717, 1.165) is 8.04 Å². The quantitative estimate of drug-likeness (QED) is 0.732. The minimum absolute atomic E-state index is 0.112. The topological polar surface area (TPSA) is 49.3 Å². The fourth-order valence-corrected chi connectivity index (χ4v) is 2.24. The van der Waals surface area contributed by atoms with Gasteiger partial charge in [-0.1, -0.05) is 6.92 Å². The van der Waals surface area contributed by atoms with Gasteiger partial charge >= 0.3 is 0 Å². The van der Waals surface area contributed by atoms with Gasteiger partial charge in [0.25, 0.3) is 5.91 Å². The molecule has 0 saturated carbocycles. The third kappa shape index (κ3) is 4.93. The molecule has 0 aromatic heterocycles. The second-order valence-electron chi connectivity index (χ2n) is 3.73. The van der Waals surface area contributed by atoms with Gasteiger partial charge in [0, 0.05) is 14.6 Å². The Labute approximate surface area is 123 Å². The Kier molecular flexibility index (Phi) is 6.43. The Balaban J connectivity index is 2.55. The van der Waals surface area contributed by atoms with Crippen LogP contribution in [0.5, 0.6) is 0 Å². The Hall–Kier alpha value is -0.140. The van der Waals surface area contributed by atoms with Crippen molar-refractivity contribution in [1.29, 1.82) is 0 Å². The third-order valence-electron chi connectivity index (χ3n) is 2.41. The molecular formula is C12H15BrINO2. The van der Waals surface area contributed by atoms with Crippen molar-refractivity contribution >= 4 is 44.4 Å². The van der Waals surface area contributed by atoms with Gasteiger partial charge in [0.05, 0.1) is 11.7 Å². The average molecular weight is 412 g/mol. The van der Waals surface area contributed by atoms with E-state index < -0.39 is 0 Å². The number of halogens is 2. The van der Waals surface area contributed by atoms with E-state index in [9.17, 15) is 9.90 Å². The SMILES string of the molecule is CCC(O)CCNC(=O)c1cc(I)ccc1Br. The summed E-state index contributed by atoms with van der Waals surface area (Å²) in [6, 6.07) is 5.62. The van der Waals surface area contributed by atoms with Crippen LogP contribution in [0.4, 0.5) is 0 Å². The van der Waals surface area contributed by atoms with Crippen molar-refractivity contribution in [1.82, 2.24) is 5.32 Å². The predicted molar refractivity (Wildman–Crippen MR) is 80.1 cm³/mol. The van der Waals surface area contributed by atoms with Gasteiger partial charge in [0.15, 0.2) is 0 Å². The van der Waals surface area contributed by atoms with Crippen LogP contribution in [0.15, 0.2) is 22.7 Å². The number of aliphatic hydroxyl groups excluding tert-OH is 1. The van der Waals surface area contributed by atoms with E-state index >= 15 is 0 Å². The smallest absolute Gasteiger partial charge is 0.252 e. The van der Waals surface area contributed by atoms with E-state index in [-0.39, 0.29) is 12.0 Å². The summed E-state index contributed by atoms with van der Waals surface area (Å²) in [6.45, 7) is 2.41. The lowest BCUT2D eigenvalue weighted by Crippen LogP contribution is -2.27. The molecule has 0 aliphatic carbocycles. The number of nitrogens with one attached hydrogen (secondary N) is 1. The van der Waals surface area contributed by atoms with Crippen molar-refractivity contribution in [3.8, 4) is 0 Å². The summed E-state index contributed by atoms with van der Waals surface area (Å²) in [7, 11) is 0. The van der Waals surface area contributed by atoms with Crippen LogP contribution >= 0.6 is 38.5 Å². The van der Waals surface area contributed by atoms with Gasteiger partial charge in [0.1, 0.15) is 0 Å². The molecular weight excluding hydrogens is 397 g/mol. The van der Waals surface area contributed by atoms with Crippen molar-refractivity contribution in [2.24, 2.45) is 0 Å². The van der Waals surface area contributed by atoms with Crippen LogP contribution < -0.4 is 5.32 Å². The molecule has 1 aromatic carbocycles. The zero-order valence-corrected chi connectivity index (χ0v) is 13.3. The summed E-state index contributed by atoms with van der Waals surface area (Å²) in [5.74, 6) is -0.112. The first-order valence-electron chi connectivity index (χ1n) is 5.46. The minimum Gasteiger partial charge on any atom is -0.393 e. The zero-order valence-electron chi connectivity index (χ0n) is 9.54. The Morgan fingerprint density at radius 1 is 1.59 bits per heavy atom. The first-order valence-corrected chi connectivity index (χ1v) is 7.33. The molecule has 17 heavy (non-hydrogen) atoms. The highest BCUT2D eigenvalue weighted by atomic mass is 127. The zero-order chi connectivity index (χ0) is 12.8. The predicted octanol–water partition coefficient (Wildman–Crippen LogP) is 2.94. The number of aliphatic hydroxyl groups is 1. The van der Waals surface area contributed by atoms with Crippen molar-refractivity contribution in [3.05, 3.63) is 31.8 Å². The fourth-order valence-electron chi connectivity index (χ4n) is 1.32. The number of carbonyl (C=O) groups is 1. The van der Waals surface area contributed by atoms with Gasteiger partial charge in [-0.05, 0) is 69.6 Å². The molecule has 0 fully saturated rings. The van der Waals surface area contributed by atoms with Crippen LogP contribution in [-0.2, 0) is 0 Å². The van der Waals surface area contributed by atoms with Gasteiger partial charge in [0.2, 0.25) is 0 Å². The fraction of sp³-hybridized carbons (Fsp3) is 0.417. The van der Waals surface area contributed by atoms with E-state index in [1.165, 1.54) is 0 Å². The molecule has 94 valence electrons. The molecule has 1 unspecified atom stereocenters. The number of hydrogen-bond donors (Lipinski definition) is 2. The second-order valence-corrected chi connectivity index (χ2v) is 5.83. The van der Waals surface area contributed by atoms with Gasteiger partial charge in [-0.25, -0.2) is 0 Å². The summed E-state index contributed by atoms with van der Waals surface area (Å²) < 4.78 is 1.80. The van der Waals surface area contributed by atoms with E-state index in [2.05, 4.69) is 43.8 Å². The molecule has 1 rings (SSSR count). The van der Waals surface area contributed by atoms with Crippen molar-refractivity contribution in [2.75, 3.05) is 6.54 Å². The maximum atomic E-state index is 11.9. The molecule has 3 nitrogen and oxygen atoms in total. The van der Waals surface area contributed by atoms with Crippen LogP contribution in [0.25, 0.3) is 0 Å². The van der Waals surface area contributed by atoms with Crippen LogP contribution in [0.1, 0.15) is 30.1 Å². The highest BCUT2D eigenvalue weighted by Crippen LogP contribution is 2.19. The lowest BCUT2D eigenvalue weighted by Gasteiger charge is -2.10. The lowest BCUT2D eigenvalue weighted by atomic mass is 10.2. The summed E-state index contributed by atoms with van der Waals surface area (Å²) in [5.41, 5.74) is 0.628. The highest BCUT2D eigenvalue weighted by molar-refractivity contribution is 14.1. The molecule has 0 bridgehead atoms. The maximum absolute atomic E-state index is 11.9. The molecule has 0 heterocycles. The second kappa shape index (κ2) is 7.33. The minimum atomic E-state index is -0.338. The molecule has 0 aliphatic rings. The molecule has 5 heteroatoms. The van der Waals surface area contributed by atoms with Crippen molar-refractivity contribution in [2.45, 2.75) is 25.9 Å². The molecule has 1 atom stereocenters. The summed E-state index contributed by atoms with van der Waals surface area (Å²) in [5, 5.41) is 12.2. The Morgan fingerprint density at radius 2 is 2.29 bits per heavy atom. The number of hydrogen-bond acceptors (Lipinski definition) is 2.